The molecule has 3 heterocycles. The summed E-state index contributed by atoms with van der Waals surface area (Å²) in [4.78, 5) is 27.5. The molecule has 1 aliphatic rings. The number of methoxy groups -OCH3 is 1. The second kappa shape index (κ2) is 10.8. The van der Waals surface area contributed by atoms with Crippen molar-refractivity contribution in [3.05, 3.63) is 60.7 Å². The Balaban J connectivity index is 1.31. The average Bonchev–Trinajstić information content (AvgIpc) is 3.50. The maximum absolute atomic E-state index is 13.0. The van der Waals surface area contributed by atoms with Crippen molar-refractivity contribution in [3.8, 4) is 5.75 Å². The Labute approximate surface area is 193 Å². The van der Waals surface area contributed by atoms with Crippen LogP contribution in [0.1, 0.15) is 31.2 Å². The van der Waals surface area contributed by atoms with E-state index in [2.05, 4.69) is 15.5 Å². The molecule has 1 fully saturated rings. The Morgan fingerprint density at radius 1 is 1.15 bits per heavy atom. The van der Waals surface area contributed by atoms with Gasteiger partial charge in [0.05, 0.1) is 25.4 Å². The van der Waals surface area contributed by atoms with Gasteiger partial charge in [0.15, 0.2) is 0 Å². The fraction of sp³-hybridized carbons (Fsp3) is 0.417. The third-order valence-corrected chi connectivity index (χ3v) is 5.96. The summed E-state index contributed by atoms with van der Waals surface area (Å²) in [6.45, 7) is 1.72. The first kappa shape index (κ1) is 22.6. The summed E-state index contributed by atoms with van der Waals surface area (Å²) in [5, 5.41) is 11.4. The first-order chi connectivity index (χ1) is 16.1. The number of anilines is 1. The third-order valence-electron chi connectivity index (χ3n) is 5.96. The number of nitrogens with one attached hydrogen (secondary N) is 1. The van der Waals surface area contributed by atoms with Crippen LogP contribution in [-0.2, 0) is 29.1 Å². The lowest BCUT2D eigenvalue weighted by Gasteiger charge is -2.36. The molecule has 2 aromatic heterocycles. The molecule has 3 aromatic rings. The highest BCUT2D eigenvalue weighted by molar-refractivity contribution is 5.92. The fourth-order valence-electron chi connectivity index (χ4n) is 4.31. The Kier molecular flexibility index (Phi) is 7.39. The number of aromatic nitrogens is 4. The van der Waals surface area contributed by atoms with Crippen LogP contribution in [0.5, 0.6) is 5.75 Å². The molecule has 0 bridgehead atoms. The number of rotatable bonds is 9. The zero-order valence-corrected chi connectivity index (χ0v) is 18.9. The van der Waals surface area contributed by atoms with Gasteiger partial charge in [-0.3, -0.25) is 19.0 Å². The number of para-hydroxylation sites is 1. The number of nitrogens with zero attached hydrogens (tertiary/aromatic N) is 5. The lowest BCUT2D eigenvalue weighted by molar-refractivity contribution is -0.136. The van der Waals surface area contributed by atoms with E-state index in [0.29, 0.717) is 11.4 Å². The van der Waals surface area contributed by atoms with Crippen LogP contribution < -0.4 is 10.1 Å². The van der Waals surface area contributed by atoms with Crippen molar-refractivity contribution >= 4 is 17.5 Å². The number of carbonyl (C=O) groups is 2. The minimum absolute atomic E-state index is 0.0511. The molecule has 1 N–H and O–H groups in total. The van der Waals surface area contributed by atoms with Crippen molar-refractivity contribution in [1.29, 1.82) is 0 Å². The molecule has 4 rings (SSSR count). The highest BCUT2D eigenvalue weighted by atomic mass is 16.5. The minimum atomic E-state index is -0.167. The molecule has 0 radical (unpaired) electrons. The number of hydrogen-bond donors (Lipinski definition) is 1. The Morgan fingerprint density at radius 3 is 2.85 bits per heavy atom. The first-order valence-electron chi connectivity index (χ1n) is 11.3. The molecular formula is C24H30N6O3. The Morgan fingerprint density at radius 2 is 2.03 bits per heavy atom. The molecule has 9 heteroatoms. The minimum Gasteiger partial charge on any atom is -0.496 e. The lowest BCUT2D eigenvalue weighted by Crippen LogP contribution is -2.45. The van der Waals surface area contributed by atoms with Gasteiger partial charge < -0.3 is 15.0 Å². The molecule has 0 unspecified atom stereocenters. The van der Waals surface area contributed by atoms with Crippen LogP contribution >= 0.6 is 0 Å². The number of aryl methyl sites for hydroxylation is 1. The molecule has 0 saturated carbocycles. The zero-order chi connectivity index (χ0) is 23.0. The Hall–Kier alpha value is -3.62. The molecule has 0 aliphatic carbocycles. The monoisotopic (exact) mass is 450 g/mol. The first-order valence-corrected chi connectivity index (χ1v) is 11.3. The van der Waals surface area contributed by atoms with E-state index in [-0.39, 0.29) is 30.8 Å². The second-order valence-electron chi connectivity index (χ2n) is 8.26. The maximum atomic E-state index is 13.0. The van der Waals surface area contributed by atoms with E-state index in [1.807, 2.05) is 46.1 Å². The van der Waals surface area contributed by atoms with Gasteiger partial charge in [0.1, 0.15) is 12.3 Å². The normalized spacial score (nSPS) is 15.9. The number of benzene rings is 1. The molecule has 0 spiro atoms. The zero-order valence-electron chi connectivity index (χ0n) is 18.9. The molecular weight excluding hydrogens is 420 g/mol. The highest BCUT2D eigenvalue weighted by Gasteiger charge is 2.26. The largest absolute Gasteiger partial charge is 0.496 e. The van der Waals surface area contributed by atoms with Crippen LogP contribution in [0, 0.1) is 0 Å². The van der Waals surface area contributed by atoms with Gasteiger partial charge in [-0.1, -0.05) is 18.2 Å². The van der Waals surface area contributed by atoms with Gasteiger partial charge in [-0.25, -0.2) is 0 Å². The topological polar surface area (TPSA) is 94.3 Å². The van der Waals surface area contributed by atoms with Crippen molar-refractivity contribution in [1.82, 2.24) is 24.5 Å². The van der Waals surface area contributed by atoms with Gasteiger partial charge in [-0.15, -0.1) is 0 Å². The molecule has 1 aromatic carbocycles. The van der Waals surface area contributed by atoms with Gasteiger partial charge in [0, 0.05) is 43.3 Å². The predicted molar refractivity (Wildman–Crippen MR) is 124 cm³/mol. The summed E-state index contributed by atoms with van der Waals surface area (Å²) in [6, 6.07) is 9.56. The number of amides is 2. The maximum Gasteiger partial charge on any atom is 0.244 e. The predicted octanol–water partition coefficient (Wildman–Crippen LogP) is 2.74. The SMILES string of the molecule is COc1ccccc1CC(=O)Nc1cnn(CC(=O)N2CCCC[C@H]2CCn2cccn2)c1. The third kappa shape index (κ3) is 6.00. The summed E-state index contributed by atoms with van der Waals surface area (Å²) in [5.41, 5.74) is 1.38. The summed E-state index contributed by atoms with van der Waals surface area (Å²) in [7, 11) is 1.59. The average molecular weight is 451 g/mol. The summed E-state index contributed by atoms with van der Waals surface area (Å²) in [6.07, 6.45) is 11.2. The number of hydrogen-bond acceptors (Lipinski definition) is 5. The fourth-order valence-corrected chi connectivity index (χ4v) is 4.31. The summed E-state index contributed by atoms with van der Waals surface area (Å²) in [5.74, 6) is 0.563. The van der Waals surface area contributed by atoms with Gasteiger partial charge in [-0.05, 0) is 37.8 Å². The Bertz CT molecular complexity index is 1060. The van der Waals surface area contributed by atoms with Crippen molar-refractivity contribution in [2.45, 2.75) is 51.2 Å². The van der Waals surface area contributed by atoms with E-state index < -0.39 is 0 Å². The van der Waals surface area contributed by atoms with Crippen molar-refractivity contribution < 1.29 is 14.3 Å². The number of likely N-dealkylation sites (tertiary alicyclic amines) is 1. The summed E-state index contributed by atoms with van der Waals surface area (Å²) < 4.78 is 8.80. The van der Waals surface area contributed by atoms with E-state index in [1.54, 1.807) is 30.4 Å². The number of carbonyl (C=O) groups excluding carboxylic acids is 2. The van der Waals surface area contributed by atoms with Crippen LogP contribution in [0.3, 0.4) is 0 Å². The molecule has 9 nitrogen and oxygen atoms in total. The van der Waals surface area contributed by atoms with Crippen LogP contribution in [0.25, 0.3) is 0 Å². The highest BCUT2D eigenvalue weighted by Crippen LogP contribution is 2.21. The quantitative estimate of drug-likeness (QED) is 0.541. The molecule has 2 amide bonds. The van der Waals surface area contributed by atoms with E-state index in [9.17, 15) is 9.59 Å². The van der Waals surface area contributed by atoms with E-state index in [0.717, 1.165) is 44.3 Å². The van der Waals surface area contributed by atoms with Crippen LogP contribution in [0.4, 0.5) is 5.69 Å². The molecule has 33 heavy (non-hydrogen) atoms. The number of piperidine rings is 1. The van der Waals surface area contributed by atoms with Crippen molar-refractivity contribution in [2.24, 2.45) is 0 Å². The smallest absolute Gasteiger partial charge is 0.244 e. The van der Waals surface area contributed by atoms with Crippen molar-refractivity contribution in [2.75, 3.05) is 19.0 Å². The van der Waals surface area contributed by atoms with E-state index in [4.69, 9.17) is 4.74 Å². The van der Waals surface area contributed by atoms with E-state index in [1.165, 1.54) is 0 Å². The van der Waals surface area contributed by atoms with Gasteiger partial charge in [0.25, 0.3) is 0 Å². The second-order valence-corrected chi connectivity index (χ2v) is 8.26. The molecule has 1 atom stereocenters. The number of ether oxygens (including phenoxy) is 1. The van der Waals surface area contributed by atoms with Crippen LogP contribution in [0.2, 0.25) is 0 Å². The van der Waals surface area contributed by atoms with E-state index >= 15 is 0 Å². The van der Waals surface area contributed by atoms with Gasteiger partial charge in [-0.2, -0.15) is 10.2 Å². The molecule has 1 saturated heterocycles. The van der Waals surface area contributed by atoms with Crippen LogP contribution in [-0.4, -0.2) is 56.0 Å². The van der Waals surface area contributed by atoms with Crippen LogP contribution in [0.15, 0.2) is 55.1 Å². The summed E-state index contributed by atoms with van der Waals surface area (Å²) >= 11 is 0. The lowest BCUT2D eigenvalue weighted by atomic mass is 9.99. The standard InChI is InChI=1S/C24H30N6O3/c1-33-22-9-3-2-7-19(22)15-23(31)27-20-16-26-29(17-20)18-24(32)30-13-5-4-8-21(30)10-14-28-12-6-11-25-28/h2-3,6-7,9,11-12,16-17,21H,4-5,8,10,13-15,18H2,1H3,(H,27,31)/t21-/m0/s1. The van der Waals surface area contributed by atoms with Crippen molar-refractivity contribution in [3.63, 3.8) is 0 Å². The van der Waals surface area contributed by atoms with Gasteiger partial charge >= 0.3 is 0 Å². The van der Waals surface area contributed by atoms with Gasteiger partial charge in [0.2, 0.25) is 11.8 Å². The molecule has 174 valence electrons. The molecule has 1 aliphatic heterocycles.